The number of carbonyl (C=O) groups is 2. The first-order chi connectivity index (χ1) is 20.8. The molecule has 2 aliphatic heterocycles. The molecule has 4 heterocycles. The van der Waals surface area contributed by atoms with E-state index in [9.17, 15) is 9.59 Å². The molecule has 0 bridgehead atoms. The third-order valence-electron chi connectivity index (χ3n) is 8.02. The van der Waals surface area contributed by atoms with Crippen molar-refractivity contribution in [3.8, 4) is 11.5 Å². The molecule has 2 aliphatic rings. The average molecular weight is 677 g/mol. The number of carbonyl (C=O) groups excluding carboxylic acids is 2. The Hall–Kier alpha value is -3.10. The molecule has 1 amide bonds. The fourth-order valence-corrected chi connectivity index (χ4v) is 6.90. The summed E-state index contributed by atoms with van der Waals surface area (Å²) in [6, 6.07) is 3.83. The van der Waals surface area contributed by atoms with Crippen LogP contribution in [0, 0.1) is 5.92 Å². The van der Waals surface area contributed by atoms with Gasteiger partial charge in [-0.25, -0.2) is 15.0 Å². The van der Waals surface area contributed by atoms with Gasteiger partial charge in [-0.05, 0) is 73.3 Å². The minimum Gasteiger partial charge on any atom is -0.454 e. The maximum atomic E-state index is 13.0. The highest BCUT2D eigenvalue weighted by Crippen LogP contribution is 2.43. The van der Waals surface area contributed by atoms with Crippen LogP contribution >= 0.6 is 27.7 Å². The quantitative estimate of drug-likeness (QED) is 0.274. The molecule has 0 spiro atoms. The van der Waals surface area contributed by atoms with Crippen molar-refractivity contribution in [3.63, 3.8) is 0 Å². The summed E-state index contributed by atoms with van der Waals surface area (Å²) in [5.41, 5.74) is 7.43. The number of hydrogen-bond acceptors (Lipinski definition) is 11. The van der Waals surface area contributed by atoms with Gasteiger partial charge >= 0.3 is 5.97 Å². The van der Waals surface area contributed by atoms with Gasteiger partial charge in [0, 0.05) is 35.5 Å². The Kier molecular flexibility index (Phi) is 10.3. The number of fused-ring (bicyclic) bond motifs is 2. The topological polar surface area (TPSA) is 138 Å². The van der Waals surface area contributed by atoms with Gasteiger partial charge in [0.2, 0.25) is 6.79 Å². The average Bonchev–Trinajstić information content (AvgIpc) is 3.61. The molecule has 232 valence electrons. The minimum absolute atomic E-state index is 0.129. The van der Waals surface area contributed by atoms with Gasteiger partial charge in [0.1, 0.15) is 6.33 Å². The van der Waals surface area contributed by atoms with E-state index >= 15 is 0 Å². The molecule has 43 heavy (non-hydrogen) atoms. The van der Waals surface area contributed by atoms with Crippen molar-refractivity contribution < 1.29 is 23.8 Å². The Morgan fingerprint density at radius 1 is 1.19 bits per heavy atom. The summed E-state index contributed by atoms with van der Waals surface area (Å²) in [4.78, 5) is 43.6. The zero-order valence-corrected chi connectivity index (χ0v) is 27.2. The van der Waals surface area contributed by atoms with Crippen molar-refractivity contribution in [2.75, 3.05) is 45.3 Å². The highest BCUT2D eigenvalue weighted by atomic mass is 79.9. The number of aryl methyl sites for hydroxylation is 1. The third kappa shape index (κ3) is 7.35. The van der Waals surface area contributed by atoms with E-state index in [4.69, 9.17) is 24.9 Å². The molecule has 14 heteroatoms. The minimum atomic E-state index is -0.779. The summed E-state index contributed by atoms with van der Waals surface area (Å²) in [7, 11) is 0. The Morgan fingerprint density at radius 2 is 1.91 bits per heavy atom. The summed E-state index contributed by atoms with van der Waals surface area (Å²) >= 11 is 5.14. The molecule has 5 rings (SSSR count). The smallest absolute Gasteiger partial charge is 0.307 e. The van der Waals surface area contributed by atoms with Gasteiger partial charge in [-0.3, -0.25) is 9.59 Å². The van der Waals surface area contributed by atoms with Crippen molar-refractivity contribution in [1.82, 2.24) is 29.3 Å². The number of ether oxygens (including phenoxy) is 3. The van der Waals surface area contributed by atoms with Gasteiger partial charge < -0.3 is 34.3 Å². The molecule has 0 radical (unpaired) electrons. The second-order valence-electron chi connectivity index (χ2n) is 10.7. The molecule has 0 aliphatic carbocycles. The van der Waals surface area contributed by atoms with Crippen molar-refractivity contribution in [1.29, 1.82) is 0 Å². The van der Waals surface area contributed by atoms with Gasteiger partial charge in [-0.2, -0.15) is 0 Å². The van der Waals surface area contributed by atoms with Crippen molar-refractivity contribution in [2.24, 2.45) is 5.92 Å². The number of aromatic nitrogens is 4. The van der Waals surface area contributed by atoms with Crippen LogP contribution in [0.15, 0.2) is 33.0 Å². The fraction of sp³-hybridized carbons (Fsp3) is 0.552. The number of anilines is 1. The van der Waals surface area contributed by atoms with Gasteiger partial charge in [-0.1, -0.05) is 25.6 Å². The fourth-order valence-electron chi connectivity index (χ4n) is 5.40. The standard InChI is InChI=1S/C29H38BrN7O5S/c1-4-35(5-2)10-9-24(38)42-18(3)28(39)36-11-6-19(7-12-36)8-13-37-27-25(26(31)32-16-33-27)34-29(37)43-23-15-22-21(14-20(23)30)40-17-41-22/h14-16,18-19H,4-13,17H2,1-3H3,(H2,31,32,33). The number of esters is 1. The number of rotatable bonds is 12. The van der Waals surface area contributed by atoms with Crippen LogP contribution in [0.3, 0.4) is 0 Å². The summed E-state index contributed by atoms with van der Waals surface area (Å²) in [5, 5.41) is 0.756. The number of nitrogens with two attached hydrogens (primary N) is 1. The van der Waals surface area contributed by atoms with E-state index in [0.717, 1.165) is 46.9 Å². The number of imidazole rings is 1. The van der Waals surface area contributed by atoms with E-state index in [0.29, 0.717) is 60.6 Å². The molecule has 2 N–H and O–H groups in total. The zero-order chi connectivity index (χ0) is 30.5. The van der Waals surface area contributed by atoms with Crippen molar-refractivity contribution >= 4 is 56.6 Å². The number of amides is 1. The maximum Gasteiger partial charge on any atom is 0.307 e. The van der Waals surface area contributed by atoms with Gasteiger partial charge in [-0.15, -0.1) is 0 Å². The molecule has 3 aromatic rings. The van der Waals surface area contributed by atoms with E-state index in [1.54, 1.807) is 6.92 Å². The van der Waals surface area contributed by atoms with Crippen molar-refractivity contribution in [2.45, 2.75) is 69.2 Å². The highest BCUT2D eigenvalue weighted by molar-refractivity contribution is 9.10. The zero-order valence-electron chi connectivity index (χ0n) is 24.8. The largest absolute Gasteiger partial charge is 0.454 e. The van der Waals surface area contributed by atoms with Gasteiger partial charge in [0.15, 0.2) is 39.7 Å². The number of halogens is 1. The second kappa shape index (κ2) is 14.1. The van der Waals surface area contributed by atoms with Gasteiger partial charge in [0.25, 0.3) is 5.91 Å². The second-order valence-corrected chi connectivity index (χ2v) is 12.5. The van der Waals surface area contributed by atoms with E-state index in [1.165, 1.54) is 18.1 Å². The molecule has 1 unspecified atom stereocenters. The molecule has 1 saturated heterocycles. The summed E-state index contributed by atoms with van der Waals surface area (Å²) in [6.07, 6.45) is 3.60. The normalized spacial score (nSPS) is 15.8. The van der Waals surface area contributed by atoms with Gasteiger partial charge in [0.05, 0.1) is 6.42 Å². The molecule has 12 nitrogen and oxygen atoms in total. The van der Waals surface area contributed by atoms with Crippen LogP contribution in [0.25, 0.3) is 11.2 Å². The lowest BCUT2D eigenvalue weighted by molar-refractivity contribution is -0.160. The van der Waals surface area contributed by atoms with Crippen molar-refractivity contribution in [3.05, 3.63) is 22.9 Å². The predicted molar refractivity (Wildman–Crippen MR) is 166 cm³/mol. The summed E-state index contributed by atoms with van der Waals surface area (Å²) in [5.74, 6) is 1.69. The Labute approximate surface area is 263 Å². The molecule has 1 atom stereocenters. The van der Waals surface area contributed by atoms with E-state index in [2.05, 4.69) is 49.2 Å². The van der Waals surface area contributed by atoms with E-state index < -0.39 is 6.10 Å². The third-order valence-corrected chi connectivity index (χ3v) is 9.99. The SMILES string of the molecule is CCN(CC)CCC(=O)OC(C)C(=O)N1CCC(CCn2c(Sc3cc4c(cc3Br)OCO4)nc3c(N)ncnc32)CC1. The first-order valence-corrected chi connectivity index (χ1v) is 16.3. The van der Waals surface area contributed by atoms with Crippen LogP contribution in [0.4, 0.5) is 5.82 Å². The van der Waals surface area contributed by atoms with Crippen LogP contribution in [-0.2, 0) is 20.9 Å². The first kappa shape index (κ1) is 31.3. The molecule has 1 aromatic carbocycles. The maximum absolute atomic E-state index is 13.0. The Bertz CT molecular complexity index is 1460. The number of likely N-dealkylation sites (tertiary alicyclic amines) is 1. The Balaban J connectivity index is 1.18. The lowest BCUT2D eigenvalue weighted by atomic mass is 9.93. The summed E-state index contributed by atoms with van der Waals surface area (Å²) < 4.78 is 19.5. The molecule has 1 fully saturated rings. The number of nitrogens with zero attached hydrogens (tertiary/aromatic N) is 6. The molecule has 0 saturated carbocycles. The summed E-state index contributed by atoms with van der Waals surface area (Å²) in [6.45, 7) is 10.3. The van der Waals surface area contributed by atoms with Crippen LogP contribution in [-0.4, -0.2) is 86.8 Å². The monoisotopic (exact) mass is 675 g/mol. The van der Waals surface area contributed by atoms with Crippen LogP contribution in [0.5, 0.6) is 11.5 Å². The van der Waals surface area contributed by atoms with E-state index in [1.807, 2.05) is 17.0 Å². The number of hydrogen-bond donors (Lipinski definition) is 1. The van der Waals surface area contributed by atoms with Crippen LogP contribution in [0.2, 0.25) is 0 Å². The molecular weight excluding hydrogens is 638 g/mol. The van der Waals surface area contributed by atoms with Crippen LogP contribution < -0.4 is 15.2 Å². The molecule has 2 aromatic heterocycles. The highest BCUT2D eigenvalue weighted by Gasteiger charge is 2.29. The predicted octanol–water partition coefficient (Wildman–Crippen LogP) is 4.34. The number of nitrogen functional groups attached to an aromatic ring is 1. The lowest BCUT2D eigenvalue weighted by Gasteiger charge is -2.33. The molecular formula is C29H38BrN7O5S. The van der Waals surface area contributed by atoms with Crippen LogP contribution in [0.1, 0.15) is 46.5 Å². The lowest BCUT2D eigenvalue weighted by Crippen LogP contribution is -2.44. The number of benzene rings is 1. The number of piperidine rings is 1. The van der Waals surface area contributed by atoms with E-state index in [-0.39, 0.29) is 25.1 Å². The Morgan fingerprint density at radius 3 is 2.63 bits per heavy atom. The first-order valence-electron chi connectivity index (χ1n) is 14.7.